The van der Waals surface area contributed by atoms with Gasteiger partial charge < -0.3 is 10.1 Å². The van der Waals surface area contributed by atoms with Gasteiger partial charge in [-0.3, -0.25) is 4.79 Å². The molecule has 0 amide bonds. The molecular formula is C10H17NO3. The summed E-state index contributed by atoms with van der Waals surface area (Å²) in [7, 11) is 0. The first-order chi connectivity index (χ1) is 6.74. The molecule has 1 saturated heterocycles. The van der Waals surface area contributed by atoms with Gasteiger partial charge >= 0.3 is 11.9 Å². The van der Waals surface area contributed by atoms with Crippen LogP contribution < -0.4 is 5.32 Å². The Morgan fingerprint density at radius 3 is 2.86 bits per heavy atom. The lowest BCUT2D eigenvalue weighted by Crippen LogP contribution is -2.43. The lowest BCUT2D eigenvalue weighted by Gasteiger charge is -2.20. The summed E-state index contributed by atoms with van der Waals surface area (Å²) in [5.41, 5.74) is 0. The molecule has 80 valence electrons. The number of rotatable bonds is 5. The molecule has 14 heavy (non-hydrogen) atoms. The third-order valence-corrected chi connectivity index (χ3v) is 2.31. The molecule has 1 fully saturated rings. The van der Waals surface area contributed by atoms with Crippen LogP contribution in [0.4, 0.5) is 0 Å². The van der Waals surface area contributed by atoms with E-state index in [1.807, 2.05) is 0 Å². The van der Waals surface area contributed by atoms with Crippen molar-refractivity contribution in [2.45, 2.75) is 45.1 Å². The number of hydrogen-bond donors (Lipinski definition) is 1. The number of carbonyl (C=O) groups excluding carboxylic acids is 2. The van der Waals surface area contributed by atoms with Crippen LogP contribution >= 0.6 is 0 Å². The van der Waals surface area contributed by atoms with Crippen molar-refractivity contribution in [2.75, 3.05) is 6.54 Å². The molecule has 0 aliphatic carbocycles. The van der Waals surface area contributed by atoms with Crippen LogP contribution in [-0.4, -0.2) is 24.5 Å². The van der Waals surface area contributed by atoms with Crippen molar-refractivity contribution in [2.24, 2.45) is 0 Å². The highest BCUT2D eigenvalue weighted by Gasteiger charge is 2.27. The van der Waals surface area contributed by atoms with Crippen LogP contribution in [0.1, 0.15) is 39.0 Å². The van der Waals surface area contributed by atoms with E-state index in [-0.39, 0.29) is 6.04 Å². The van der Waals surface area contributed by atoms with E-state index in [4.69, 9.17) is 0 Å². The maximum Gasteiger partial charge on any atom is 0.330 e. The van der Waals surface area contributed by atoms with Crippen molar-refractivity contribution in [3.05, 3.63) is 0 Å². The second-order valence-corrected chi connectivity index (χ2v) is 3.55. The molecule has 0 saturated carbocycles. The number of nitrogens with one attached hydrogen (secondary N) is 1. The maximum absolute atomic E-state index is 11.2. The molecule has 1 rings (SSSR count). The molecular weight excluding hydrogens is 182 g/mol. The number of cyclic esters (lactones) is 2. The Labute approximate surface area is 84.0 Å². The van der Waals surface area contributed by atoms with Crippen LogP contribution in [0.25, 0.3) is 0 Å². The van der Waals surface area contributed by atoms with E-state index in [2.05, 4.69) is 17.0 Å². The van der Waals surface area contributed by atoms with Crippen LogP contribution in [-0.2, 0) is 14.3 Å². The van der Waals surface area contributed by atoms with E-state index in [1.54, 1.807) is 0 Å². The summed E-state index contributed by atoms with van der Waals surface area (Å²) in [5.74, 6) is -0.820. The normalized spacial score (nSPS) is 22.2. The van der Waals surface area contributed by atoms with Crippen LogP contribution in [0, 0.1) is 0 Å². The van der Waals surface area contributed by atoms with Gasteiger partial charge in [0.1, 0.15) is 6.04 Å². The van der Waals surface area contributed by atoms with E-state index in [0.29, 0.717) is 12.8 Å². The van der Waals surface area contributed by atoms with E-state index in [0.717, 1.165) is 25.8 Å². The first-order valence-corrected chi connectivity index (χ1v) is 5.22. The van der Waals surface area contributed by atoms with Gasteiger partial charge in [0, 0.05) is 6.42 Å². The second kappa shape index (κ2) is 5.75. The topological polar surface area (TPSA) is 55.4 Å². The molecule has 0 aromatic carbocycles. The summed E-state index contributed by atoms with van der Waals surface area (Å²) < 4.78 is 4.52. The predicted molar refractivity (Wildman–Crippen MR) is 51.6 cm³/mol. The lowest BCUT2D eigenvalue weighted by molar-refractivity contribution is -0.165. The molecule has 4 nitrogen and oxygen atoms in total. The van der Waals surface area contributed by atoms with Gasteiger partial charge in [-0.15, -0.1) is 0 Å². The molecule has 0 bridgehead atoms. The Morgan fingerprint density at radius 2 is 2.21 bits per heavy atom. The summed E-state index contributed by atoms with van der Waals surface area (Å²) in [4.78, 5) is 21.9. The van der Waals surface area contributed by atoms with E-state index < -0.39 is 11.9 Å². The van der Waals surface area contributed by atoms with E-state index in [1.165, 1.54) is 0 Å². The van der Waals surface area contributed by atoms with Crippen LogP contribution in [0.5, 0.6) is 0 Å². The Balaban J connectivity index is 2.17. The lowest BCUT2D eigenvalue weighted by atomic mass is 10.1. The van der Waals surface area contributed by atoms with Gasteiger partial charge in [0.05, 0.1) is 0 Å². The molecule has 1 atom stereocenters. The molecule has 0 aromatic rings. The molecule has 0 spiro atoms. The third-order valence-electron chi connectivity index (χ3n) is 2.31. The Bertz CT molecular complexity index is 215. The Hall–Kier alpha value is -0.900. The fourth-order valence-electron chi connectivity index (χ4n) is 1.45. The first kappa shape index (κ1) is 11.2. The minimum absolute atomic E-state index is 0.274. The molecule has 1 aliphatic heterocycles. The number of esters is 2. The molecule has 0 radical (unpaired) electrons. The minimum Gasteiger partial charge on any atom is -0.392 e. The Kier molecular flexibility index (Phi) is 4.59. The van der Waals surface area contributed by atoms with Gasteiger partial charge in [-0.2, -0.15) is 0 Å². The van der Waals surface area contributed by atoms with Crippen LogP contribution in [0.2, 0.25) is 0 Å². The quantitative estimate of drug-likeness (QED) is 0.407. The SMILES string of the molecule is CCCCCN[C@H]1CCC(=O)OC1=O. The summed E-state index contributed by atoms with van der Waals surface area (Å²) in [6.45, 7) is 2.95. The standard InChI is InChI=1S/C10H17NO3/c1-2-3-4-7-11-8-5-6-9(12)14-10(8)13/h8,11H,2-7H2,1H3/t8-/m0/s1. The zero-order valence-electron chi connectivity index (χ0n) is 8.54. The second-order valence-electron chi connectivity index (χ2n) is 3.55. The highest BCUT2D eigenvalue weighted by Crippen LogP contribution is 2.09. The van der Waals surface area contributed by atoms with Crippen molar-refractivity contribution in [1.29, 1.82) is 0 Å². The van der Waals surface area contributed by atoms with Crippen molar-refractivity contribution in [3.8, 4) is 0 Å². The summed E-state index contributed by atoms with van der Waals surface area (Å²) in [6.07, 6.45) is 4.30. The molecule has 1 heterocycles. The fourth-order valence-corrected chi connectivity index (χ4v) is 1.45. The largest absolute Gasteiger partial charge is 0.392 e. The van der Waals surface area contributed by atoms with Gasteiger partial charge in [-0.25, -0.2) is 4.79 Å². The Morgan fingerprint density at radius 1 is 1.43 bits per heavy atom. The predicted octanol–water partition coefficient (Wildman–Crippen LogP) is 0.998. The van der Waals surface area contributed by atoms with Gasteiger partial charge in [0.15, 0.2) is 0 Å². The molecule has 0 aromatic heterocycles. The molecule has 0 unspecified atom stereocenters. The van der Waals surface area contributed by atoms with Gasteiger partial charge in [-0.1, -0.05) is 19.8 Å². The average Bonchev–Trinajstić information content (AvgIpc) is 2.15. The van der Waals surface area contributed by atoms with Crippen molar-refractivity contribution in [3.63, 3.8) is 0 Å². The van der Waals surface area contributed by atoms with Crippen molar-refractivity contribution >= 4 is 11.9 Å². The van der Waals surface area contributed by atoms with E-state index in [9.17, 15) is 9.59 Å². The average molecular weight is 199 g/mol. The zero-order valence-corrected chi connectivity index (χ0v) is 8.54. The summed E-state index contributed by atoms with van der Waals surface area (Å²) in [6, 6.07) is -0.274. The van der Waals surface area contributed by atoms with Gasteiger partial charge in [0.25, 0.3) is 0 Å². The smallest absolute Gasteiger partial charge is 0.330 e. The van der Waals surface area contributed by atoms with Crippen LogP contribution in [0.3, 0.4) is 0 Å². The third kappa shape index (κ3) is 3.46. The zero-order chi connectivity index (χ0) is 10.4. The molecule has 4 heteroatoms. The van der Waals surface area contributed by atoms with Crippen molar-refractivity contribution in [1.82, 2.24) is 5.32 Å². The van der Waals surface area contributed by atoms with E-state index >= 15 is 0 Å². The number of ether oxygens (including phenoxy) is 1. The number of carbonyl (C=O) groups is 2. The summed E-state index contributed by atoms with van der Waals surface area (Å²) >= 11 is 0. The van der Waals surface area contributed by atoms with Gasteiger partial charge in [0.2, 0.25) is 0 Å². The van der Waals surface area contributed by atoms with Crippen molar-refractivity contribution < 1.29 is 14.3 Å². The van der Waals surface area contributed by atoms with Gasteiger partial charge in [-0.05, 0) is 19.4 Å². The highest BCUT2D eigenvalue weighted by molar-refractivity contribution is 5.91. The highest BCUT2D eigenvalue weighted by atomic mass is 16.6. The number of unbranched alkanes of at least 4 members (excludes halogenated alkanes) is 2. The minimum atomic E-state index is -0.419. The fraction of sp³-hybridized carbons (Fsp3) is 0.800. The molecule has 1 aliphatic rings. The molecule has 1 N–H and O–H groups in total. The maximum atomic E-state index is 11.2. The van der Waals surface area contributed by atoms with Crippen LogP contribution in [0.15, 0.2) is 0 Å². The summed E-state index contributed by atoms with van der Waals surface area (Å²) in [5, 5.41) is 3.10. The number of hydrogen-bond acceptors (Lipinski definition) is 4. The monoisotopic (exact) mass is 199 g/mol. The first-order valence-electron chi connectivity index (χ1n) is 5.22.